The Kier molecular flexibility index (Phi) is 9.59. The van der Waals surface area contributed by atoms with Crippen LogP contribution in [0.25, 0.3) is 0 Å². The van der Waals surface area contributed by atoms with E-state index in [1.807, 2.05) is 0 Å². The number of benzene rings is 2. The van der Waals surface area contributed by atoms with E-state index >= 15 is 0 Å². The molecule has 13 nitrogen and oxygen atoms in total. The van der Waals surface area contributed by atoms with Gasteiger partial charge < -0.3 is 30.2 Å². The average molecular weight is 539 g/mol. The van der Waals surface area contributed by atoms with E-state index in [0.717, 1.165) is 4.90 Å². The van der Waals surface area contributed by atoms with Crippen LogP contribution in [0.1, 0.15) is 16.8 Å². The van der Waals surface area contributed by atoms with Gasteiger partial charge in [0.05, 0.1) is 30.4 Å². The number of methoxy groups -OCH3 is 1. The number of hydrogen-bond donors (Lipinski definition) is 3. The summed E-state index contributed by atoms with van der Waals surface area (Å²) in [5.74, 6) is -5.57. The van der Waals surface area contributed by atoms with Gasteiger partial charge in [0.1, 0.15) is 25.5 Å². The number of carboxylic acid groups (broad SMARTS) is 1. The molecule has 0 fully saturated rings. The lowest BCUT2D eigenvalue weighted by Gasteiger charge is -2.25. The number of hydrogen-bond acceptors (Lipinski definition) is 8. The molecule has 0 saturated heterocycles. The zero-order valence-corrected chi connectivity index (χ0v) is 20.9. The second-order valence-electron chi connectivity index (χ2n) is 8.48. The third kappa shape index (κ3) is 7.11. The van der Waals surface area contributed by atoms with Crippen LogP contribution in [-0.2, 0) is 33.5 Å². The number of carbonyl (C=O) groups is 7. The summed E-state index contributed by atoms with van der Waals surface area (Å²) < 4.78 is 4.95. The number of ketones is 1. The molecule has 39 heavy (non-hydrogen) atoms. The first-order valence-corrected chi connectivity index (χ1v) is 11.7. The Labute approximate surface area is 222 Å². The highest BCUT2D eigenvalue weighted by molar-refractivity contribution is 6.43. The van der Waals surface area contributed by atoms with Gasteiger partial charge in [0.2, 0.25) is 11.7 Å². The van der Waals surface area contributed by atoms with Crippen molar-refractivity contribution in [1.82, 2.24) is 10.6 Å². The maximum absolute atomic E-state index is 13.7. The second-order valence-corrected chi connectivity index (χ2v) is 8.48. The van der Waals surface area contributed by atoms with E-state index in [1.165, 1.54) is 36.3 Å². The Morgan fingerprint density at radius 3 is 2.31 bits per heavy atom. The fraction of sp³-hybridized carbons (Fsp3) is 0.269. The van der Waals surface area contributed by atoms with Gasteiger partial charge in [0.15, 0.2) is 0 Å². The summed E-state index contributed by atoms with van der Waals surface area (Å²) in [5.41, 5.74) is 0.444. The van der Waals surface area contributed by atoms with Crippen molar-refractivity contribution in [3.8, 4) is 0 Å². The Hall–Kier alpha value is -4.91. The van der Waals surface area contributed by atoms with Crippen molar-refractivity contribution in [3.63, 3.8) is 0 Å². The quantitative estimate of drug-likeness (QED) is 0.194. The first-order valence-electron chi connectivity index (χ1n) is 11.7. The van der Waals surface area contributed by atoms with E-state index in [0.29, 0.717) is 0 Å². The molecule has 13 heteroatoms. The second kappa shape index (κ2) is 13.1. The monoisotopic (exact) mass is 538 g/mol. The predicted octanol–water partition coefficient (Wildman–Crippen LogP) is -0.461. The van der Waals surface area contributed by atoms with Crippen LogP contribution in [0, 0.1) is 0 Å². The molecule has 0 bridgehead atoms. The molecule has 2 aromatic carbocycles. The van der Waals surface area contributed by atoms with Gasteiger partial charge in [0.25, 0.3) is 17.7 Å². The zero-order valence-electron chi connectivity index (χ0n) is 20.9. The van der Waals surface area contributed by atoms with Gasteiger partial charge in [-0.05, 0) is 12.1 Å². The first-order chi connectivity index (χ1) is 18.7. The van der Waals surface area contributed by atoms with E-state index < -0.39 is 60.4 Å². The van der Waals surface area contributed by atoms with Crippen LogP contribution < -0.4 is 20.4 Å². The van der Waals surface area contributed by atoms with Crippen LogP contribution in [0.15, 0.2) is 54.6 Å². The largest absolute Gasteiger partial charge is 0.481 e. The number of aldehydes is 1. The Balaban J connectivity index is 1.96. The summed E-state index contributed by atoms with van der Waals surface area (Å²) >= 11 is 0. The van der Waals surface area contributed by atoms with Gasteiger partial charge in [-0.15, -0.1) is 0 Å². The molecule has 1 unspecified atom stereocenters. The van der Waals surface area contributed by atoms with E-state index in [1.54, 1.807) is 30.3 Å². The van der Waals surface area contributed by atoms with Crippen molar-refractivity contribution in [2.24, 2.45) is 0 Å². The predicted molar refractivity (Wildman–Crippen MR) is 136 cm³/mol. The molecular formula is C26H26N4O9. The molecule has 1 aliphatic heterocycles. The van der Waals surface area contributed by atoms with Crippen molar-refractivity contribution in [3.05, 3.63) is 60.2 Å². The Morgan fingerprint density at radius 2 is 1.69 bits per heavy atom. The number of nitrogens with zero attached hydrogens (tertiary/aromatic N) is 2. The van der Waals surface area contributed by atoms with Crippen molar-refractivity contribution in [2.45, 2.75) is 18.5 Å². The van der Waals surface area contributed by atoms with Crippen molar-refractivity contribution < 1.29 is 43.4 Å². The van der Waals surface area contributed by atoms with Crippen LogP contribution in [0.4, 0.5) is 11.4 Å². The SMILES string of the molecule is COCC(=O)N1CC(NC(=O)C(=O)c2ccccc2)C(=O)N(CC(=O)N[C@H](C=O)CC(=O)O)c2ccccc21. The van der Waals surface area contributed by atoms with Crippen molar-refractivity contribution >= 4 is 53.0 Å². The van der Waals surface area contributed by atoms with Gasteiger partial charge in [-0.25, -0.2) is 0 Å². The first kappa shape index (κ1) is 28.7. The third-order valence-electron chi connectivity index (χ3n) is 5.72. The van der Waals surface area contributed by atoms with E-state index in [4.69, 9.17) is 9.84 Å². The molecule has 1 heterocycles. The van der Waals surface area contributed by atoms with Crippen LogP contribution in [0.5, 0.6) is 0 Å². The highest BCUT2D eigenvalue weighted by Crippen LogP contribution is 2.33. The standard InChI is InChI=1S/C26H26N4O9/c1-39-15-22(33)29-12-18(28-25(37)24(36)16-7-3-2-4-8-16)26(38)30(20-10-6-5-9-19(20)29)13-21(32)27-17(14-31)11-23(34)35/h2-10,14,17-18H,11-13,15H2,1H3,(H,27,32)(H,28,37)(H,34,35)/t17-,18?/m0/s1. The van der Waals surface area contributed by atoms with Crippen LogP contribution in [0.2, 0.25) is 0 Å². The summed E-state index contributed by atoms with van der Waals surface area (Å²) in [6, 6.07) is 11.0. The Bertz CT molecular complexity index is 1280. The van der Waals surface area contributed by atoms with Gasteiger partial charge in [-0.3, -0.25) is 33.7 Å². The van der Waals surface area contributed by atoms with Crippen LogP contribution in [-0.4, -0.2) is 85.7 Å². The maximum atomic E-state index is 13.7. The number of aliphatic carboxylic acids is 1. The molecule has 3 rings (SSSR count). The fourth-order valence-corrected chi connectivity index (χ4v) is 3.96. The average Bonchev–Trinajstić information content (AvgIpc) is 3.03. The molecule has 0 aromatic heterocycles. The number of Topliss-reactive ketones (excluding diaryl/α,β-unsaturated/α-hetero) is 1. The number of ether oxygens (including phenoxy) is 1. The van der Waals surface area contributed by atoms with Crippen molar-refractivity contribution in [1.29, 1.82) is 0 Å². The molecule has 1 aliphatic rings. The van der Waals surface area contributed by atoms with Gasteiger partial charge >= 0.3 is 5.97 Å². The summed E-state index contributed by atoms with van der Waals surface area (Å²) in [6.07, 6.45) is -0.410. The molecule has 0 spiro atoms. The number of anilines is 2. The molecule has 2 atom stereocenters. The molecule has 204 valence electrons. The minimum atomic E-state index is -1.45. The smallest absolute Gasteiger partial charge is 0.305 e. The zero-order chi connectivity index (χ0) is 28.5. The molecule has 2 aromatic rings. The summed E-state index contributed by atoms with van der Waals surface area (Å²) in [6.45, 7) is -1.41. The molecule has 0 radical (unpaired) electrons. The number of rotatable bonds is 11. The van der Waals surface area contributed by atoms with Crippen LogP contribution in [0.3, 0.4) is 0 Å². The van der Waals surface area contributed by atoms with Crippen LogP contribution >= 0.6 is 0 Å². The van der Waals surface area contributed by atoms with Gasteiger partial charge in [-0.1, -0.05) is 42.5 Å². The van der Waals surface area contributed by atoms with Gasteiger partial charge in [0, 0.05) is 12.7 Å². The minimum absolute atomic E-state index is 0.0845. The molecular weight excluding hydrogens is 512 g/mol. The number of carbonyl (C=O) groups excluding carboxylic acids is 6. The van der Waals surface area contributed by atoms with Crippen molar-refractivity contribution in [2.75, 3.05) is 36.6 Å². The highest BCUT2D eigenvalue weighted by Gasteiger charge is 2.38. The van der Waals surface area contributed by atoms with E-state index in [2.05, 4.69) is 10.6 Å². The number of amides is 4. The molecule has 4 amide bonds. The third-order valence-corrected chi connectivity index (χ3v) is 5.72. The number of fused-ring (bicyclic) bond motifs is 1. The number of carboxylic acids is 1. The number of nitrogens with one attached hydrogen (secondary N) is 2. The lowest BCUT2D eigenvalue weighted by molar-refractivity contribution is -0.139. The fourth-order valence-electron chi connectivity index (χ4n) is 3.96. The minimum Gasteiger partial charge on any atom is -0.481 e. The topological polar surface area (TPSA) is 179 Å². The normalized spacial score (nSPS) is 15.4. The summed E-state index contributed by atoms with van der Waals surface area (Å²) in [4.78, 5) is 89.3. The summed E-state index contributed by atoms with van der Waals surface area (Å²) in [7, 11) is 1.31. The van der Waals surface area contributed by atoms with E-state index in [-0.39, 0.29) is 36.4 Å². The molecule has 0 aliphatic carbocycles. The molecule has 0 saturated carbocycles. The summed E-state index contributed by atoms with van der Waals surface area (Å²) in [5, 5.41) is 13.6. The number of para-hydroxylation sites is 2. The van der Waals surface area contributed by atoms with Gasteiger partial charge in [-0.2, -0.15) is 0 Å². The Morgan fingerprint density at radius 1 is 1.05 bits per heavy atom. The molecule has 3 N–H and O–H groups in total. The maximum Gasteiger partial charge on any atom is 0.305 e. The lowest BCUT2D eigenvalue weighted by Crippen LogP contribution is -2.56. The highest BCUT2D eigenvalue weighted by atomic mass is 16.5. The lowest BCUT2D eigenvalue weighted by atomic mass is 10.1. The van der Waals surface area contributed by atoms with E-state index in [9.17, 15) is 33.6 Å².